The molecule has 2 rings (SSSR count). The molecule has 0 amide bonds. The summed E-state index contributed by atoms with van der Waals surface area (Å²) < 4.78 is 12.7. The zero-order chi connectivity index (χ0) is 9.97. The van der Waals surface area contributed by atoms with Gasteiger partial charge < -0.3 is 0 Å². The number of nitrogens with zero attached hydrogens (tertiary/aromatic N) is 1. The lowest BCUT2D eigenvalue weighted by Crippen LogP contribution is -1.84. The van der Waals surface area contributed by atoms with Gasteiger partial charge in [-0.15, -0.1) is 0 Å². The molecule has 0 atom stereocenters. The molecule has 0 aliphatic carbocycles. The molecule has 0 aliphatic rings. The van der Waals surface area contributed by atoms with Crippen molar-refractivity contribution in [3.8, 4) is 11.1 Å². The van der Waals surface area contributed by atoms with Gasteiger partial charge in [-0.25, -0.2) is 4.39 Å². The third kappa shape index (κ3) is 1.64. The molecule has 0 aliphatic heterocycles. The van der Waals surface area contributed by atoms with Crippen molar-refractivity contribution in [3.05, 3.63) is 54.1 Å². The van der Waals surface area contributed by atoms with E-state index in [9.17, 15) is 4.39 Å². The minimum absolute atomic E-state index is 0.213. The highest BCUT2D eigenvalue weighted by molar-refractivity contribution is 5.65. The lowest BCUT2D eigenvalue weighted by Gasteiger charge is -2.03. The second-order valence-corrected chi connectivity index (χ2v) is 3.20. The average molecular weight is 187 g/mol. The Morgan fingerprint density at radius 3 is 2.43 bits per heavy atom. The van der Waals surface area contributed by atoms with Crippen LogP contribution in [0, 0.1) is 12.7 Å². The predicted octanol–water partition coefficient (Wildman–Crippen LogP) is 3.20. The Morgan fingerprint density at radius 2 is 1.79 bits per heavy atom. The summed E-state index contributed by atoms with van der Waals surface area (Å²) in [5.74, 6) is -0.213. The predicted molar refractivity (Wildman–Crippen MR) is 54.4 cm³/mol. The fraction of sp³-hybridized carbons (Fsp3) is 0.0833. The van der Waals surface area contributed by atoms with Gasteiger partial charge in [0.2, 0.25) is 0 Å². The van der Waals surface area contributed by atoms with E-state index in [4.69, 9.17) is 0 Å². The number of hydrogen-bond donors (Lipinski definition) is 0. The van der Waals surface area contributed by atoms with E-state index in [1.807, 2.05) is 13.0 Å². The lowest BCUT2D eigenvalue weighted by molar-refractivity contribution is 0.628. The minimum Gasteiger partial charge on any atom is -0.264 e. The number of pyridine rings is 1. The third-order valence-electron chi connectivity index (χ3n) is 2.19. The molecule has 1 aromatic carbocycles. The number of benzene rings is 1. The van der Waals surface area contributed by atoms with Gasteiger partial charge in [0, 0.05) is 18.0 Å². The smallest absolute Gasteiger partial charge is 0.123 e. The molecular weight excluding hydrogens is 177 g/mol. The summed E-state index contributed by atoms with van der Waals surface area (Å²) in [6.07, 6.45) is 3.55. The van der Waals surface area contributed by atoms with Crippen LogP contribution in [-0.4, -0.2) is 4.98 Å². The van der Waals surface area contributed by atoms with Crippen molar-refractivity contribution in [3.63, 3.8) is 0 Å². The van der Waals surface area contributed by atoms with Crippen molar-refractivity contribution in [1.82, 2.24) is 4.98 Å². The molecule has 0 saturated carbocycles. The molecule has 2 heteroatoms. The zero-order valence-corrected chi connectivity index (χ0v) is 7.87. The standard InChI is InChI=1S/C12H10FN/c1-9-6-7-14-8-12(9)10-2-4-11(13)5-3-10/h2-8H,1H3. The van der Waals surface area contributed by atoms with Gasteiger partial charge in [-0.2, -0.15) is 0 Å². The Morgan fingerprint density at radius 1 is 1.07 bits per heavy atom. The second-order valence-electron chi connectivity index (χ2n) is 3.20. The quantitative estimate of drug-likeness (QED) is 0.668. The van der Waals surface area contributed by atoms with Gasteiger partial charge >= 0.3 is 0 Å². The molecule has 0 radical (unpaired) electrons. The second kappa shape index (κ2) is 3.58. The number of aryl methyl sites for hydroxylation is 1. The van der Waals surface area contributed by atoms with Gasteiger partial charge in [0.15, 0.2) is 0 Å². The molecule has 0 bridgehead atoms. The van der Waals surface area contributed by atoms with Crippen molar-refractivity contribution in [2.24, 2.45) is 0 Å². The van der Waals surface area contributed by atoms with E-state index in [0.29, 0.717) is 0 Å². The number of hydrogen-bond acceptors (Lipinski definition) is 1. The molecule has 1 nitrogen and oxygen atoms in total. The van der Waals surface area contributed by atoms with Crippen LogP contribution in [0.1, 0.15) is 5.56 Å². The highest BCUT2D eigenvalue weighted by atomic mass is 19.1. The number of halogens is 1. The van der Waals surface area contributed by atoms with Crippen LogP contribution in [0.2, 0.25) is 0 Å². The highest BCUT2D eigenvalue weighted by Gasteiger charge is 2.00. The minimum atomic E-state index is -0.213. The monoisotopic (exact) mass is 187 g/mol. The molecule has 0 spiro atoms. The molecule has 14 heavy (non-hydrogen) atoms. The Labute approximate surface area is 82.2 Å². The Hall–Kier alpha value is -1.70. The van der Waals surface area contributed by atoms with Crippen molar-refractivity contribution >= 4 is 0 Å². The summed E-state index contributed by atoms with van der Waals surface area (Å²) in [5.41, 5.74) is 3.19. The largest absolute Gasteiger partial charge is 0.264 e. The van der Waals surface area contributed by atoms with Crippen LogP contribution in [-0.2, 0) is 0 Å². The van der Waals surface area contributed by atoms with Crippen LogP contribution < -0.4 is 0 Å². The van der Waals surface area contributed by atoms with Crippen molar-refractivity contribution in [1.29, 1.82) is 0 Å². The van der Waals surface area contributed by atoms with Crippen LogP contribution >= 0.6 is 0 Å². The van der Waals surface area contributed by atoms with E-state index < -0.39 is 0 Å². The summed E-state index contributed by atoms with van der Waals surface area (Å²) in [7, 11) is 0. The molecule has 0 unspecified atom stereocenters. The van der Waals surface area contributed by atoms with Gasteiger partial charge in [0.05, 0.1) is 0 Å². The lowest BCUT2D eigenvalue weighted by atomic mass is 10.0. The maximum Gasteiger partial charge on any atom is 0.123 e. The van der Waals surface area contributed by atoms with Crippen LogP contribution in [0.3, 0.4) is 0 Å². The Bertz CT molecular complexity index is 434. The first-order valence-electron chi connectivity index (χ1n) is 4.44. The third-order valence-corrected chi connectivity index (χ3v) is 2.19. The zero-order valence-electron chi connectivity index (χ0n) is 7.87. The van der Waals surface area contributed by atoms with E-state index >= 15 is 0 Å². The Kier molecular flexibility index (Phi) is 2.27. The van der Waals surface area contributed by atoms with Gasteiger partial charge in [0.1, 0.15) is 5.82 Å². The van der Waals surface area contributed by atoms with E-state index in [-0.39, 0.29) is 5.82 Å². The molecular formula is C12H10FN. The molecule has 0 N–H and O–H groups in total. The molecule has 70 valence electrons. The maximum atomic E-state index is 12.7. The maximum absolute atomic E-state index is 12.7. The van der Waals surface area contributed by atoms with Crippen LogP contribution in [0.4, 0.5) is 4.39 Å². The highest BCUT2D eigenvalue weighted by Crippen LogP contribution is 2.21. The molecule has 1 heterocycles. The summed E-state index contributed by atoms with van der Waals surface area (Å²) in [5, 5.41) is 0. The van der Waals surface area contributed by atoms with E-state index in [0.717, 1.165) is 16.7 Å². The molecule has 0 fully saturated rings. The first-order valence-corrected chi connectivity index (χ1v) is 4.44. The van der Waals surface area contributed by atoms with Gasteiger partial charge in [-0.1, -0.05) is 12.1 Å². The van der Waals surface area contributed by atoms with Gasteiger partial charge in [0.25, 0.3) is 0 Å². The summed E-state index contributed by atoms with van der Waals surface area (Å²) >= 11 is 0. The van der Waals surface area contributed by atoms with Gasteiger partial charge in [-0.3, -0.25) is 4.98 Å². The van der Waals surface area contributed by atoms with Crippen molar-refractivity contribution < 1.29 is 4.39 Å². The number of aromatic nitrogens is 1. The van der Waals surface area contributed by atoms with Gasteiger partial charge in [-0.05, 0) is 36.2 Å². The number of rotatable bonds is 1. The molecule has 1 aromatic heterocycles. The fourth-order valence-corrected chi connectivity index (χ4v) is 1.40. The fourth-order valence-electron chi connectivity index (χ4n) is 1.40. The van der Waals surface area contributed by atoms with Crippen molar-refractivity contribution in [2.45, 2.75) is 6.92 Å². The Balaban J connectivity index is 2.50. The van der Waals surface area contributed by atoms with Crippen LogP contribution in [0.5, 0.6) is 0 Å². The SMILES string of the molecule is Cc1ccncc1-c1ccc(F)cc1. The topological polar surface area (TPSA) is 12.9 Å². The van der Waals surface area contributed by atoms with E-state index in [2.05, 4.69) is 4.98 Å². The summed E-state index contributed by atoms with van der Waals surface area (Å²) in [4.78, 5) is 4.05. The van der Waals surface area contributed by atoms with Crippen LogP contribution in [0.15, 0.2) is 42.7 Å². The normalized spacial score (nSPS) is 10.1. The summed E-state index contributed by atoms with van der Waals surface area (Å²) in [6.45, 7) is 2.01. The first-order chi connectivity index (χ1) is 6.77. The van der Waals surface area contributed by atoms with Crippen LogP contribution in [0.25, 0.3) is 11.1 Å². The van der Waals surface area contributed by atoms with Crippen molar-refractivity contribution in [2.75, 3.05) is 0 Å². The first kappa shape index (κ1) is 8.88. The average Bonchev–Trinajstić information content (AvgIpc) is 2.20. The molecule has 0 saturated heterocycles. The van der Waals surface area contributed by atoms with E-state index in [1.165, 1.54) is 12.1 Å². The molecule has 2 aromatic rings. The van der Waals surface area contributed by atoms with E-state index in [1.54, 1.807) is 24.5 Å². The summed E-state index contributed by atoms with van der Waals surface area (Å²) in [6, 6.07) is 8.39.